The Bertz CT molecular complexity index is 897. The van der Waals surface area contributed by atoms with Gasteiger partial charge in [-0.2, -0.15) is 13.2 Å². The zero-order chi connectivity index (χ0) is 18.0. The van der Waals surface area contributed by atoms with Gasteiger partial charge in [-0.25, -0.2) is 4.98 Å². The molecule has 0 aliphatic carbocycles. The van der Waals surface area contributed by atoms with Crippen molar-refractivity contribution in [1.82, 2.24) is 15.0 Å². The number of aromatic amines is 1. The molecular weight excluding hydrogens is 443 g/mol. The van der Waals surface area contributed by atoms with E-state index in [1.54, 1.807) is 13.0 Å². The van der Waals surface area contributed by atoms with E-state index in [2.05, 4.69) is 15.0 Å². The Morgan fingerprint density at radius 2 is 1.96 bits per heavy atom. The Morgan fingerprint density at radius 1 is 1.23 bits per heavy atom. The number of imidazole rings is 1. The van der Waals surface area contributed by atoms with E-state index >= 15 is 0 Å². The van der Waals surface area contributed by atoms with Crippen LogP contribution in [0.5, 0.6) is 5.75 Å². The maximum Gasteiger partial charge on any atom is 2.00 e. The molecule has 0 amide bonds. The Hall–Kier alpha value is -0.939. The topological polar surface area (TPSA) is 67.9 Å². The van der Waals surface area contributed by atoms with Crippen molar-refractivity contribution in [2.24, 2.45) is 0 Å². The molecule has 5 nitrogen and oxygen atoms in total. The van der Waals surface area contributed by atoms with Crippen LogP contribution in [0.2, 0.25) is 0 Å². The summed E-state index contributed by atoms with van der Waals surface area (Å²) in [5.74, 6) is 0.0958. The largest absolute Gasteiger partial charge is 2.00 e. The molecule has 0 bridgehead atoms. The number of H-pyrrole nitrogens is 1. The van der Waals surface area contributed by atoms with Gasteiger partial charge in [-0.1, -0.05) is 12.1 Å². The number of ether oxygens (including phenoxy) is 1. The Labute approximate surface area is 187 Å². The Morgan fingerprint density at radius 3 is 2.65 bits per heavy atom. The SMILES string of the molecule is Cc1c(OCC(F)(F)F)ccnc1C[S@@](=O)c1nc2ccccc2[nH]1.[Sr+2]. The number of halogens is 3. The number of nitrogens with one attached hydrogen (secondary N) is 1. The number of fused-ring (bicyclic) bond motifs is 1. The summed E-state index contributed by atoms with van der Waals surface area (Å²) in [5, 5.41) is 0.295. The minimum absolute atomic E-state index is 0. The first kappa shape index (κ1) is 21.4. The maximum absolute atomic E-state index is 12.5. The van der Waals surface area contributed by atoms with Gasteiger partial charge in [0.15, 0.2) is 11.8 Å². The monoisotopic (exact) mass is 457 g/mol. The third-order valence-electron chi connectivity index (χ3n) is 3.50. The van der Waals surface area contributed by atoms with Crippen LogP contribution in [0.25, 0.3) is 11.0 Å². The fraction of sp³-hybridized carbons (Fsp3) is 0.250. The van der Waals surface area contributed by atoms with Crippen LogP contribution in [-0.2, 0) is 16.6 Å². The molecule has 2 heterocycles. The molecule has 0 unspecified atom stereocenters. The number of pyridine rings is 1. The number of alkyl halides is 3. The number of rotatable bonds is 5. The van der Waals surface area contributed by atoms with Crippen LogP contribution in [0, 0.1) is 6.92 Å². The fourth-order valence-electron chi connectivity index (χ4n) is 2.25. The summed E-state index contributed by atoms with van der Waals surface area (Å²) in [7, 11) is -1.51. The number of hydrogen-bond donors (Lipinski definition) is 1. The molecule has 0 saturated heterocycles. The molecule has 0 saturated carbocycles. The summed E-state index contributed by atoms with van der Waals surface area (Å²) in [6, 6.07) is 8.62. The van der Waals surface area contributed by atoms with E-state index in [1.807, 2.05) is 18.2 Å². The summed E-state index contributed by atoms with van der Waals surface area (Å²) < 4.78 is 54.2. The van der Waals surface area contributed by atoms with Crippen molar-refractivity contribution in [2.75, 3.05) is 6.61 Å². The van der Waals surface area contributed by atoms with E-state index in [0.717, 1.165) is 5.52 Å². The second-order valence-corrected chi connectivity index (χ2v) is 6.70. The minimum Gasteiger partial charge on any atom is -0.484 e. The molecule has 132 valence electrons. The second kappa shape index (κ2) is 8.83. The van der Waals surface area contributed by atoms with E-state index in [9.17, 15) is 17.4 Å². The van der Waals surface area contributed by atoms with Crippen LogP contribution in [0.1, 0.15) is 11.3 Å². The van der Waals surface area contributed by atoms with Crippen molar-refractivity contribution in [1.29, 1.82) is 0 Å². The summed E-state index contributed by atoms with van der Waals surface area (Å²) in [6.45, 7) is 0.202. The molecule has 26 heavy (non-hydrogen) atoms. The summed E-state index contributed by atoms with van der Waals surface area (Å²) in [6.07, 6.45) is -3.09. The average Bonchev–Trinajstić information content (AvgIpc) is 2.99. The van der Waals surface area contributed by atoms with Gasteiger partial charge in [0.05, 0.1) is 33.3 Å². The van der Waals surface area contributed by atoms with Crippen LogP contribution < -0.4 is 4.74 Å². The van der Waals surface area contributed by atoms with Gasteiger partial charge in [0, 0.05) is 11.8 Å². The number of benzene rings is 1. The molecule has 0 radical (unpaired) electrons. The van der Waals surface area contributed by atoms with Crippen molar-refractivity contribution in [3.8, 4) is 5.75 Å². The number of para-hydroxylation sites is 2. The van der Waals surface area contributed by atoms with Gasteiger partial charge in [-0.15, -0.1) is 0 Å². The molecule has 0 fully saturated rings. The van der Waals surface area contributed by atoms with Crippen LogP contribution in [0.4, 0.5) is 13.2 Å². The molecule has 1 atom stereocenters. The third-order valence-corrected chi connectivity index (χ3v) is 4.66. The van der Waals surface area contributed by atoms with Crippen molar-refractivity contribution in [2.45, 2.75) is 24.0 Å². The zero-order valence-electron chi connectivity index (χ0n) is 13.8. The Balaban J connectivity index is 0.00000243. The van der Waals surface area contributed by atoms with Gasteiger partial charge >= 0.3 is 51.7 Å². The number of aromatic nitrogens is 3. The predicted octanol–water partition coefficient (Wildman–Crippen LogP) is 3.13. The van der Waals surface area contributed by atoms with E-state index in [1.165, 1.54) is 12.3 Å². The van der Waals surface area contributed by atoms with Gasteiger partial charge in [0.25, 0.3) is 0 Å². The first-order valence-electron chi connectivity index (χ1n) is 7.30. The standard InChI is InChI=1S/C16H14F3N3O2S.Sr/c1-10-13(20-7-6-14(10)24-9-16(17,18)19)8-25(23)15-21-11-4-2-3-5-12(11)22-15;/h2-7H,8-9H2,1H3,(H,21,22);/q;+2/t25-;/m1./s1. The van der Waals surface area contributed by atoms with Crippen molar-refractivity contribution in [3.63, 3.8) is 0 Å². The predicted molar refractivity (Wildman–Crippen MR) is 92.5 cm³/mol. The molecule has 3 rings (SSSR count). The number of nitrogens with zero attached hydrogens (tertiary/aromatic N) is 2. The molecule has 0 aliphatic heterocycles. The van der Waals surface area contributed by atoms with E-state index < -0.39 is 23.6 Å². The smallest absolute Gasteiger partial charge is 0.484 e. The summed E-state index contributed by atoms with van der Waals surface area (Å²) in [5.41, 5.74) is 2.28. The summed E-state index contributed by atoms with van der Waals surface area (Å²) in [4.78, 5) is 11.3. The number of hydrogen-bond acceptors (Lipinski definition) is 4. The van der Waals surface area contributed by atoms with Gasteiger partial charge < -0.3 is 9.72 Å². The van der Waals surface area contributed by atoms with Gasteiger partial charge in [0.1, 0.15) is 5.75 Å². The molecule has 1 aromatic carbocycles. The molecule has 0 spiro atoms. The summed E-state index contributed by atoms with van der Waals surface area (Å²) >= 11 is 0. The quantitative estimate of drug-likeness (QED) is 0.599. The minimum atomic E-state index is -4.42. The van der Waals surface area contributed by atoms with E-state index in [-0.39, 0.29) is 57.0 Å². The van der Waals surface area contributed by atoms with Gasteiger partial charge in [-0.05, 0) is 25.1 Å². The van der Waals surface area contributed by atoms with Crippen molar-refractivity contribution in [3.05, 3.63) is 47.8 Å². The molecule has 3 aromatic rings. The van der Waals surface area contributed by atoms with Crippen molar-refractivity contribution >= 4 is 67.3 Å². The van der Waals surface area contributed by atoms with Crippen molar-refractivity contribution < 1.29 is 22.1 Å². The molecule has 0 aliphatic rings. The third kappa shape index (κ3) is 5.29. The van der Waals surface area contributed by atoms with Crippen LogP contribution in [-0.4, -0.2) is 77.4 Å². The first-order chi connectivity index (χ1) is 11.8. The Kier molecular flexibility index (Phi) is 7.26. The van der Waals surface area contributed by atoms with Gasteiger partial charge in [0.2, 0.25) is 0 Å². The molecule has 1 N–H and O–H groups in total. The van der Waals surface area contributed by atoms with Gasteiger partial charge in [-0.3, -0.25) is 9.19 Å². The molecule has 10 heteroatoms. The maximum atomic E-state index is 12.5. The average molecular weight is 457 g/mol. The van der Waals surface area contributed by atoms with E-state index in [0.29, 0.717) is 21.9 Å². The van der Waals surface area contributed by atoms with E-state index in [4.69, 9.17) is 4.74 Å². The first-order valence-corrected chi connectivity index (χ1v) is 8.62. The zero-order valence-corrected chi connectivity index (χ0v) is 18.1. The van der Waals surface area contributed by atoms with Crippen LogP contribution in [0.3, 0.4) is 0 Å². The van der Waals surface area contributed by atoms with Crippen LogP contribution in [0.15, 0.2) is 41.7 Å². The molecular formula is C16H14F3N3O2SSr+2. The second-order valence-electron chi connectivity index (χ2n) is 5.33. The van der Waals surface area contributed by atoms with Crippen LogP contribution >= 0.6 is 0 Å². The fourth-order valence-corrected chi connectivity index (χ4v) is 3.35. The molecule has 2 aromatic heterocycles. The normalized spacial score (nSPS) is 12.6.